The first-order valence-corrected chi connectivity index (χ1v) is 5.78. The van der Waals surface area contributed by atoms with Gasteiger partial charge in [-0.3, -0.25) is 0 Å². The van der Waals surface area contributed by atoms with Gasteiger partial charge in [0.1, 0.15) is 5.75 Å². The summed E-state index contributed by atoms with van der Waals surface area (Å²) in [6.45, 7) is -6.16. The molecule has 0 fully saturated rings. The number of halogens is 4. The van der Waals surface area contributed by atoms with Gasteiger partial charge in [0.15, 0.2) is 0 Å². The van der Waals surface area contributed by atoms with Gasteiger partial charge in [0, 0.05) is 0 Å². The van der Waals surface area contributed by atoms with E-state index in [0.29, 0.717) is 4.47 Å². The van der Waals surface area contributed by atoms with Gasteiger partial charge in [0.2, 0.25) is 0 Å². The van der Waals surface area contributed by atoms with E-state index < -0.39 is 13.5 Å². The third-order valence-corrected chi connectivity index (χ3v) is 3.07. The Balaban J connectivity index is 2.33. The molecule has 0 atom stereocenters. The van der Waals surface area contributed by atoms with E-state index in [1.165, 1.54) is 6.07 Å². The predicted molar refractivity (Wildman–Crippen MR) is 66.2 cm³/mol. The van der Waals surface area contributed by atoms with Crippen molar-refractivity contribution in [3.05, 3.63) is 40.9 Å². The third-order valence-electron chi connectivity index (χ3n) is 2.26. The SMILES string of the molecule is F[B-](F)(F)COc1ccc2ccccc2c1Br. The average molecular weight is 304 g/mol. The first-order chi connectivity index (χ1) is 7.97. The van der Waals surface area contributed by atoms with Crippen molar-refractivity contribution in [3.8, 4) is 5.75 Å². The summed E-state index contributed by atoms with van der Waals surface area (Å²) in [5, 5.41) is 1.78. The average Bonchev–Trinajstić information content (AvgIpc) is 2.27. The van der Waals surface area contributed by atoms with Crippen molar-refractivity contribution in [1.82, 2.24) is 0 Å². The third kappa shape index (κ3) is 2.94. The Morgan fingerprint density at radius 2 is 1.76 bits per heavy atom. The summed E-state index contributed by atoms with van der Waals surface area (Å²) in [5.41, 5.74) is 0. The molecule has 2 rings (SSSR count). The lowest BCUT2D eigenvalue weighted by Crippen LogP contribution is -2.26. The van der Waals surface area contributed by atoms with Gasteiger partial charge in [-0.1, -0.05) is 30.3 Å². The number of ether oxygens (including phenoxy) is 1. The van der Waals surface area contributed by atoms with Crippen LogP contribution in [0.5, 0.6) is 5.75 Å². The van der Waals surface area contributed by atoms with Gasteiger partial charge in [-0.2, -0.15) is 0 Å². The molecule has 0 aliphatic carbocycles. The van der Waals surface area contributed by atoms with Crippen molar-refractivity contribution < 1.29 is 17.7 Å². The summed E-state index contributed by atoms with van der Waals surface area (Å²) < 4.78 is 41.6. The number of hydrogen-bond acceptors (Lipinski definition) is 1. The molecule has 0 aromatic heterocycles. The largest absolute Gasteiger partial charge is 0.521 e. The molecule has 0 radical (unpaired) electrons. The Bertz CT molecular complexity index is 542. The van der Waals surface area contributed by atoms with Crippen LogP contribution in [-0.2, 0) is 0 Å². The Morgan fingerprint density at radius 1 is 1.06 bits per heavy atom. The zero-order chi connectivity index (χ0) is 12.5. The highest BCUT2D eigenvalue weighted by Crippen LogP contribution is 2.33. The highest BCUT2D eigenvalue weighted by molar-refractivity contribution is 9.10. The van der Waals surface area contributed by atoms with Crippen LogP contribution in [0.25, 0.3) is 10.8 Å². The van der Waals surface area contributed by atoms with Crippen LogP contribution in [0.2, 0.25) is 0 Å². The molecule has 2 aromatic rings. The molecule has 2 aromatic carbocycles. The van der Waals surface area contributed by atoms with Gasteiger partial charge in [-0.25, -0.2) is 0 Å². The van der Waals surface area contributed by atoms with E-state index in [1.807, 2.05) is 24.3 Å². The van der Waals surface area contributed by atoms with Crippen LogP contribution in [0.15, 0.2) is 40.9 Å². The van der Waals surface area contributed by atoms with E-state index in [9.17, 15) is 12.9 Å². The molecule has 0 unspecified atom stereocenters. The minimum atomic E-state index is -4.93. The van der Waals surface area contributed by atoms with Crippen molar-refractivity contribution >= 4 is 33.7 Å². The summed E-state index contributed by atoms with van der Waals surface area (Å²) in [5.74, 6) is 0.211. The fourth-order valence-corrected chi connectivity index (χ4v) is 2.12. The van der Waals surface area contributed by atoms with Crippen LogP contribution in [0.3, 0.4) is 0 Å². The van der Waals surface area contributed by atoms with E-state index >= 15 is 0 Å². The first-order valence-electron chi connectivity index (χ1n) is 4.98. The van der Waals surface area contributed by atoms with Gasteiger partial charge in [0.05, 0.1) is 11.0 Å². The van der Waals surface area contributed by atoms with Gasteiger partial charge in [0.25, 0.3) is 0 Å². The van der Waals surface area contributed by atoms with Gasteiger partial charge in [-0.15, -0.1) is 0 Å². The number of rotatable bonds is 3. The lowest BCUT2D eigenvalue weighted by molar-refractivity contribution is 0.312. The summed E-state index contributed by atoms with van der Waals surface area (Å²) in [6, 6.07) is 10.7. The lowest BCUT2D eigenvalue weighted by Gasteiger charge is -2.16. The standard InChI is InChI=1S/C11H8BBrF3O/c13-11-9-4-2-1-3-8(9)5-6-10(11)17-7-12(14,15)16/h1-6H,7H2/q-1. The van der Waals surface area contributed by atoms with E-state index in [-0.39, 0.29) is 5.75 Å². The second kappa shape index (κ2) is 4.60. The van der Waals surface area contributed by atoms with E-state index in [2.05, 4.69) is 15.9 Å². The van der Waals surface area contributed by atoms with Crippen LogP contribution >= 0.6 is 15.9 Å². The monoisotopic (exact) mass is 303 g/mol. The quantitative estimate of drug-likeness (QED) is 0.765. The minimum absolute atomic E-state index is 0.211. The van der Waals surface area contributed by atoms with Crippen LogP contribution in [0.1, 0.15) is 0 Å². The van der Waals surface area contributed by atoms with Crippen LogP contribution in [0, 0.1) is 0 Å². The fourth-order valence-electron chi connectivity index (χ4n) is 1.51. The number of fused-ring (bicyclic) bond motifs is 1. The Labute approximate surface area is 105 Å². The molecule has 0 aliphatic heterocycles. The van der Waals surface area contributed by atoms with Crippen molar-refractivity contribution in [1.29, 1.82) is 0 Å². The zero-order valence-corrected chi connectivity index (χ0v) is 10.3. The molecule has 0 bridgehead atoms. The van der Waals surface area contributed by atoms with Crippen LogP contribution in [-0.4, -0.2) is 13.5 Å². The molecule has 1 nitrogen and oxygen atoms in total. The molecule has 0 amide bonds. The van der Waals surface area contributed by atoms with Crippen LogP contribution in [0.4, 0.5) is 12.9 Å². The second-order valence-corrected chi connectivity index (χ2v) is 4.41. The Morgan fingerprint density at radius 3 is 2.47 bits per heavy atom. The second-order valence-electron chi connectivity index (χ2n) is 3.62. The molecule has 0 heterocycles. The van der Waals surface area contributed by atoms with Crippen molar-refractivity contribution in [2.24, 2.45) is 0 Å². The van der Waals surface area contributed by atoms with Gasteiger partial charge >= 0.3 is 6.98 Å². The molecule has 0 saturated heterocycles. The van der Waals surface area contributed by atoms with Crippen molar-refractivity contribution in [3.63, 3.8) is 0 Å². The highest BCUT2D eigenvalue weighted by Gasteiger charge is 2.24. The summed E-state index contributed by atoms with van der Waals surface area (Å²) in [4.78, 5) is 0. The predicted octanol–water partition coefficient (Wildman–Crippen LogP) is 4.37. The molecule has 6 heteroatoms. The van der Waals surface area contributed by atoms with Crippen molar-refractivity contribution in [2.75, 3.05) is 6.51 Å². The smallest absolute Gasteiger partial charge is 0.515 e. The molecular weight excluding hydrogens is 296 g/mol. The minimum Gasteiger partial charge on any atom is -0.521 e. The normalized spacial score (nSPS) is 11.8. The van der Waals surface area contributed by atoms with E-state index in [1.54, 1.807) is 6.07 Å². The molecule has 0 saturated carbocycles. The van der Waals surface area contributed by atoms with Gasteiger partial charge < -0.3 is 17.7 Å². The molecular formula is C11H8BBrF3O-. The van der Waals surface area contributed by atoms with Crippen molar-refractivity contribution in [2.45, 2.75) is 0 Å². The maximum absolute atomic E-state index is 12.1. The summed E-state index contributed by atoms with van der Waals surface area (Å²) in [6.07, 6.45) is 0. The van der Waals surface area contributed by atoms with E-state index in [4.69, 9.17) is 4.74 Å². The lowest BCUT2D eigenvalue weighted by atomic mass is 9.95. The molecule has 90 valence electrons. The topological polar surface area (TPSA) is 9.23 Å². The summed E-state index contributed by atoms with van der Waals surface area (Å²) in [7, 11) is 0. The maximum atomic E-state index is 12.1. The number of benzene rings is 2. The van der Waals surface area contributed by atoms with Gasteiger partial charge in [-0.05, 0) is 32.8 Å². The molecule has 0 N–H and O–H groups in total. The number of hydrogen-bond donors (Lipinski definition) is 0. The zero-order valence-electron chi connectivity index (χ0n) is 8.67. The Hall–Kier alpha value is -1.17. The highest BCUT2D eigenvalue weighted by atomic mass is 79.9. The first kappa shape index (κ1) is 12.3. The molecule has 0 aliphatic rings. The fraction of sp³-hybridized carbons (Fsp3) is 0.0909. The summed E-state index contributed by atoms with van der Waals surface area (Å²) >= 11 is 3.26. The van der Waals surface area contributed by atoms with Crippen LogP contribution < -0.4 is 4.74 Å². The molecule has 0 spiro atoms. The van der Waals surface area contributed by atoms with E-state index in [0.717, 1.165) is 10.8 Å². The maximum Gasteiger partial charge on any atom is 0.515 e. The Kier molecular flexibility index (Phi) is 3.33. The molecule has 17 heavy (non-hydrogen) atoms.